The lowest BCUT2D eigenvalue weighted by atomic mass is 10.2. The Morgan fingerprint density at radius 3 is 2.77 bits per heavy atom. The molecule has 3 aromatic rings. The number of carbonyl (C=O) groups excluding carboxylic acids is 1. The van der Waals surface area contributed by atoms with Crippen molar-refractivity contribution in [3.63, 3.8) is 0 Å². The van der Waals surface area contributed by atoms with Gasteiger partial charge in [-0.1, -0.05) is 18.2 Å². The van der Waals surface area contributed by atoms with Crippen LogP contribution in [0.4, 0.5) is 18.9 Å². The number of alkyl halides is 2. The number of nitrogens with one attached hydrogen (secondary N) is 1. The van der Waals surface area contributed by atoms with Crippen molar-refractivity contribution in [2.24, 2.45) is 0 Å². The Hall–Kier alpha value is -3.10. The molecule has 0 bridgehead atoms. The Balaban J connectivity index is 1.62. The van der Waals surface area contributed by atoms with E-state index in [0.29, 0.717) is 16.9 Å². The molecule has 3 rings (SSSR count). The van der Waals surface area contributed by atoms with E-state index in [-0.39, 0.29) is 24.6 Å². The molecule has 0 aliphatic heterocycles. The van der Waals surface area contributed by atoms with Gasteiger partial charge in [0.05, 0.1) is 18.4 Å². The number of aryl methyl sites for hydroxylation is 1. The first-order chi connectivity index (χ1) is 12.4. The minimum absolute atomic E-state index is 0.197. The van der Waals surface area contributed by atoms with Gasteiger partial charge in [0.1, 0.15) is 18.1 Å². The molecule has 2 aromatic heterocycles. The SMILES string of the molecule is Cc1cc(C(F)F)nn1CC(=O)Nc1cnn(Cc2ccccc2F)c1. The van der Waals surface area contributed by atoms with Gasteiger partial charge in [0.15, 0.2) is 0 Å². The van der Waals surface area contributed by atoms with Gasteiger partial charge in [-0.3, -0.25) is 14.2 Å². The average Bonchev–Trinajstić information content (AvgIpc) is 3.17. The summed E-state index contributed by atoms with van der Waals surface area (Å²) < 4.78 is 41.6. The minimum Gasteiger partial charge on any atom is -0.322 e. The van der Waals surface area contributed by atoms with Crippen LogP contribution >= 0.6 is 0 Å². The number of halogens is 3. The first-order valence-corrected chi connectivity index (χ1v) is 7.80. The number of hydrogen-bond acceptors (Lipinski definition) is 3. The summed E-state index contributed by atoms with van der Waals surface area (Å²) in [5.74, 6) is -0.764. The van der Waals surface area contributed by atoms with Gasteiger partial charge in [-0.2, -0.15) is 10.2 Å². The van der Waals surface area contributed by atoms with Crippen molar-refractivity contribution in [1.82, 2.24) is 19.6 Å². The largest absolute Gasteiger partial charge is 0.322 e. The maximum absolute atomic E-state index is 13.7. The van der Waals surface area contributed by atoms with Crippen LogP contribution < -0.4 is 5.32 Å². The van der Waals surface area contributed by atoms with Crippen molar-refractivity contribution in [2.75, 3.05) is 5.32 Å². The Morgan fingerprint density at radius 2 is 2.08 bits per heavy atom. The molecule has 6 nitrogen and oxygen atoms in total. The maximum atomic E-state index is 13.7. The lowest BCUT2D eigenvalue weighted by Crippen LogP contribution is -2.20. The summed E-state index contributed by atoms with van der Waals surface area (Å²) in [5, 5.41) is 10.4. The number of benzene rings is 1. The van der Waals surface area contributed by atoms with Gasteiger partial charge in [-0.05, 0) is 19.1 Å². The zero-order valence-corrected chi connectivity index (χ0v) is 13.9. The summed E-state index contributed by atoms with van der Waals surface area (Å²) in [6, 6.07) is 7.58. The Morgan fingerprint density at radius 1 is 1.31 bits per heavy atom. The zero-order valence-electron chi connectivity index (χ0n) is 13.9. The van der Waals surface area contributed by atoms with Crippen molar-refractivity contribution in [2.45, 2.75) is 26.4 Å². The van der Waals surface area contributed by atoms with E-state index in [1.807, 2.05) is 0 Å². The number of amides is 1. The van der Waals surface area contributed by atoms with Crippen molar-refractivity contribution in [3.8, 4) is 0 Å². The van der Waals surface area contributed by atoms with Crippen molar-refractivity contribution >= 4 is 11.6 Å². The predicted molar refractivity (Wildman–Crippen MR) is 88.3 cm³/mol. The van der Waals surface area contributed by atoms with E-state index in [1.165, 1.54) is 27.7 Å². The van der Waals surface area contributed by atoms with Crippen LogP contribution in [0.25, 0.3) is 0 Å². The maximum Gasteiger partial charge on any atom is 0.282 e. The van der Waals surface area contributed by atoms with Gasteiger partial charge >= 0.3 is 0 Å². The molecule has 9 heteroatoms. The lowest BCUT2D eigenvalue weighted by molar-refractivity contribution is -0.117. The molecule has 1 N–H and O–H groups in total. The fraction of sp³-hybridized carbons (Fsp3) is 0.235. The van der Waals surface area contributed by atoms with Gasteiger partial charge in [-0.25, -0.2) is 13.2 Å². The van der Waals surface area contributed by atoms with E-state index in [9.17, 15) is 18.0 Å². The molecule has 0 unspecified atom stereocenters. The molecule has 0 spiro atoms. The van der Waals surface area contributed by atoms with Crippen molar-refractivity contribution in [1.29, 1.82) is 0 Å². The molecule has 0 atom stereocenters. The quantitative estimate of drug-likeness (QED) is 0.732. The van der Waals surface area contributed by atoms with Crippen LogP contribution in [0.1, 0.15) is 23.4 Å². The standard InChI is InChI=1S/C17H16F3N5O/c1-11-6-15(17(19)20)23-25(11)10-16(26)22-13-7-21-24(9-13)8-12-4-2-3-5-14(12)18/h2-7,9,17H,8,10H2,1H3,(H,22,26). The average molecular weight is 363 g/mol. The topological polar surface area (TPSA) is 64.7 Å². The van der Waals surface area contributed by atoms with Gasteiger partial charge in [0.25, 0.3) is 6.43 Å². The second-order valence-corrected chi connectivity index (χ2v) is 5.74. The Labute approximate surface area is 147 Å². The number of hydrogen-bond donors (Lipinski definition) is 1. The number of nitrogens with zero attached hydrogens (tertiary/aromatic N) is 4. The zero-order chi connectivity index (χ0) is 18.7. The van der Waals surface area contributed by atoms with E-state index in [1.54, 1.807) is 31.3 Å². The number of aromatic nitrogens is 4. The Kier molecular flexibility index (Phi) is 5.06. The van der Waals surface area contributed by atoms with Gasteiger partial charge in [0, 0.05) is 17.5 Å². The second kappa shape index (κ2) is 7.42. The molecular formula is C17H16F3N5O. The fourth-order valence-electron chi connectivity index (χ4n) is 2.45. The van der Waals surface area contributed by atoms with E-state index in [2.05, 4.69) is 15.5 Å². The first-order valence-electron chi connectivity index (χ1n) is 7.80. The molecule has 1 amide bonds. The summed E-state index contributed by atoms with van der Waals surface area (Å²) in [6.45, 7) is 1.62. The normalized spacial score (nSPS) is 11.1. The van der Waals surface area contributed by atoms with Crippen LogP contribution in [-0.4, -0.2) is 25.5 Å². The highest BCUT2D eigenvalue weighted by Gasteiger charge is 2.15. The van der Waals surface area contributed by atoms with Gasteiger partial charge in [0.2, 0.25) is 5.91 Å². The molecule has 0 aliphatic carbocycles. The summed E-state index contributed by atoms with van der Waals surface area (Å²) in [4.78, 5) is 12.1. The van der Waals surface area contributed by atoms with Crippen LogP contribution in [0.5, 0.6) is 0 Å². The van der Waals surface area contributed by atoms with Gasteiger partial charge in [-0.15, -0.1) is 0 Å². The smallest absolute Gasteiger partial charge is 0.282 e. The summed E-state index contributed by atoms with van der Waals surface area (Å²) >= 11 is 0. The van der Waals surface area contributed by atoms with E-state index in [0.717, 1.165) is 0 Å². The molecular weight excluding hydrogens is 347 g/mol. The fourth-order valence-corrected chi connectivity index (χ4v) is 2.45. The van der Waals surface area contributed by atoms with Crippen LogP contribution in [-0.2, 0) is 17.9 Å². The van der Waals surface area contributed by atoms with E-state index >= 15 is 0 Å². The number of rotatable bonds is 6. The first kappa shape index (κ1) is 17.7. The molecule has 26 heavy (non-hydrogen) atoms. The minimum atomic E-state index is -2.69. The molecule has 0 radical (unpaired) electrons. The van der Waals surface area contributed by atoms with Crippen LogP contribution in [0.2, 0.25) is 0 Å². The van der Waals surface area contributed by atoms with Crippen molar-refractivity contribution < 1.29 is 18.0 Å². The van der Waals surface area contributed by atoms with Gasteiger partial charge < -0.3 is 5.32 Å². The Bertz CT molecular complexity index is 919. The summed E-state index contributed by atoms with van der Waals surface area (Å²) in [7, 11) is 0. The molecule has 0 aliphatic rings. The second-order valence-electron chi connectivity index (χ2n) is 5.74. The third-order valence-electron chi connectivity index (χ3n) is 3.72. The summed E-state index contributed by atoms with van der Waals surface area (Å²) in [5.41, 5.74) is 0.990. The van der Waals surface area contributed by atoms with E-state index < -0.39 is 12.3 Å². The molecule has 136 valence electrons. The highest BCUT2D eigenvalue weighted by molar-refractivity contribution is 5.90. The summed E-state index contributed by atoms with van der Waals surface area (Å²) in [6.07, 6.45) is 0.305. The predicted octanol–water partition coefficient (Wildman–Crippen LogP) is 3.15. The molecule has 0 saturated carbocycles. The van der Waals surface area contributed by atoms with Crippen LogP contribution in [0.3, 0.4) is 0 Å². The van der Waals surface area contributed by atoms with Crippen LogP contribution in [0.15, 0.2) is 42.7 Å². The third kappa shape index (κ3) is 4.11. The molecule has 1 aromatic carbocycles. The number of anilines is 1. The van der Waals surface area contributed by atoms with E-state index in [4.69, 9.17) is 0 Å². The molecule has 2 heterocycles. The highest BCUT2D eigenvalue weighted by atomic mass is 19.3. The lowest BCUT2D eigenvalue weighted by Gasteiger charge is -2.05. The third-order valence-corrected chi connectivity index (χ3v) is 3.72. The number of carbonyl (C=O) groups is 1. The molecule has 0 saturated heterocycles. The highest BCUT2D eigenvalue weighted by Crippen LogP contribution is 2.18. The monoisotopic (exact) mass is 363 g/mol. The molecule has 0 fully saturated rings. The van der Waals surface area contributed by atoms with Crippen LogP contribution in [0, 0.1) is 12.7 Å². The van der Waals surface area contributed by atoms with Crippen molar-refractivity contribution in [3.05, 3.63) is 65.5 Å².